The van der Waals surface area contributed by atoms with Crippen molar-refractivity contribution in [1.29, 1.82) is 5.26 Å². The van der Waals surface area contributed by atoms with Crippen molar-refractivity contribution < 1.29 is 33.1 Å². The van der Waals surface area contributed by atoms with Crippen molar-refractivity contribution in [1.82, 2.24) is 0 Å². The number of hydrogen-bond donors (Lipinski definition) is 0. The van der Waals surface area contributed by atoms with E-state index in [2.05, 4.69) is 0 Å². The lowest BCUT2D eigenvalue weighted by atomic mass is 10.1. The summed E-state index contributed by atoms with van der Waals surface area (Å²) in [5.41, 5.74) is 0.856. The van der Waals surface area contributed by atoms with Crippen LogP contribution < -0.4 is 15.3 Å². The van der Waals surface area contributed by atoms with Crippen molar-refractivity contribution in [3.8, 4) is 11.8 Å². The number of rotatable bonds is 10. The second kappa shape index (κ2) is 13.1. The molecule has 0 saturated carbocycles. The largest absolute Gasteiger partial charge is 0.482 e. The summed E-state index contributed by atoms with van der Waals surface area (Å²) >= 11 is 0. The molecular weight excluding hydrogens is 558 g/mol. The number of carbonyl (C=O) groups is 2. The van der Waals surface area contributed by atoms with Crippen LogP contribution in [0.5, 0.6) is 5.75 Å². The first-order valence-electron chi connectivity index (χ1n) is 12.7. The fraction of sp³-hybridized carbons (Fsp3) is 0.161. The van der Waals surface area contributed by atoms with Crippen LogP contribution in [0.1, 0.15) is 27.0 Å². The summed E-state index contributed by atoms with van der Waals surface area (Å²) in [5, 5.41) is 21.3. The van der Waals surface area contributed by atoms with Gasteiger partial charge in [-0.1, -0.05) is 18.2 Å². The maximum atomic E-state index is 12.7. The van der Waals surface area contributed by atoms with Crippen LogP contribution in [0.3, 0.4) is 0 Å². The van der Waals surface area contributed by atoms with Crippen LogP contribution >= 0.6 is 0 Å². The third-order valence-corrected chi connectivity index (χ3v) is 6.26. The minimum atomic E-state index is -0.953. The van der Waals surface area contributed by atoms with Gasteiger partial charge in [-0.25, -0.2) is 14.4 Å². The quantitative estimate of drug-likeness (QED) is 0.0841. The first-order chi connectivity index (χ1) is 20.6. The number of ether oxygens (including phenoxy) is 3. The van der Waals surface area contributed by atoms with E-state index in [0.717, 1.165) is 11.8 Å². The molecule has 0 saturated heterocycles. The number of anilines is 1. The van der Waals surface area contributed by atoms with E-state index in [4.69, 9.17) is 23.9 Å². The topological polar surface area (TPSA) is 162 Å². The maximum absolute atomic E-state index is 12.7. The Bertz CT molecular complexity index is 1830. The van der Waals surface area contributed by atoms with Gasteiger partial charge in [0, 0.05) is 37.3 Å². The lowest BCUT2D eigenvalue weighted by molar-refractivity contribution is -0.385. The summed E-state index contributed by atoms with van der Waals surface area (Å²) in [6.07, 6.45) is 1.48. The first kappa shape index (κ1) is 30.0. The molecule has 0 amide bonds. The van der Waals surface area contributed by atoms with Gasteiger partial charge < -0.3 is 23.5 Å². The Hall–Kier alpha value is -5.96. The van der Waals surface area contributed by atoms with E-state index in [1.807, 2.05) is 25.1 Å². The highest BCUT2D eigenvalue weighted by Crippen LogP contribution is 2.29. The van der Waals surface area contributed by atoms with Gasteiger partial charge in [0.15, 0.2) is 5.75 Å². The van der Waals surface area contributed by atoms with Gasteiger partial charge in [-0.2, -0.15) is 5.26 Å². The molecule has 1 aromatic heterocycles. The Balaban J connectivity index is 1.49. The van der Waals surface area contributed by atoms with Gasteiger partial charge in [-0.3, -0.25) is 10.1 Å². The van der Waals surface area contributed by atoms with Crippen molar-refractivity contribution >= 4 is 40.4 Å². The summed E-state index contributed by atoms with van der Waals surface area (Å²) in [5.74, 6) is -1.79. The third-order valence-electron chi connectivity index (χ3n) is 6.26. The lowest BCUT2D eigenvalue weighted by Gasteiger charge is -2.12. The molecule has 12 nitrogen and oxygen atoms in total. The molecule has 12 heteroatoms. The average molecular weight is 584 g/mol. The Labute approximate surface area is 245 Å². The molecule has 4 aromatic rings. The summed E-state index contributed by atoms with van der Waals surface area (Å²) in [6.45, 7) is -0.724. The zero-order valence-corrected chi connectivity index (χ0v) is 23.4. The number of nitrogens with zero attached hydrogens (tertiary/aromatic N) is 3. The summed E-state index contributed by atoms with van der Waals surface area (Å²) in [6, 6.07) is 18.9. The molecule has 0 radical (unpaired) electrons. The minimum Gasteiger partial charge on any atom is -0.482 e. The van der Waals surface area contributed by atoms with Gasteiger partial charge in [-0.15, -0.1) is 0 Å². The molecule has 43 heavy (non-hydrogen) atoms. The predicted molar refractivity (Wildman–Crippen MR) is 156 cm³/mol. The number of carbonyl (C=O) groups excluding carboxylic acids is 2. The smallest absolute Gasteiger partial charge is 0.351 e. The monoisotopic (exact) mass is 583 g/mol. The molecule has 0 aliphatic carbocycles. The second-order valence-electron chi connectivity index (χ2n) is 9.38. The van der Waals surface area contributed by atoms with Crippen molar-refractivity contribution in [2.45, 2.75) is 6.61 Å². The highest BCUT2D eigenvalue weighted by atomic mass is 16.6. The van der Waals surface area contributed by atoms with Crippen molar-refractivity contribution in [3.05, 3.63) is 115 Å². The number of nitro benzene ring substituents is 1. The van der Waals surface area contributed by atoms with Crippen LogP contribution in [0.25, 0.3) is 17.0 Å². The van der Waals surface area contributed by atoms with E-state index in [0.29, 0.717) is 22.1 Å². The Morgan fingerprint density at radius 1 is 1.07 bits per heavy atom. The van der Waals surface area contributed by atoms with Gasteiger partial charge >= 0.3 is 23.3 Å². The molecule has 3 aromatic carbocycles. The standard InChI is InChI=1S/C31H25N3O9/c1-33(2)24-10-9-22-14-25(31(37)43-28(22)15-24)30(36)42-17-21-8-11-27(26(13-21)34(38)39)41-18-23(29(35)40-3)12-19-4-6-20(16-32)7-5-19/h4-15H,17-18H2,1-3H3/b23-12-. The zero-order valence-electron chi connectivity index (χ0n) is 23.4. The fourth-order valence-corrected chi connectivity index (χ4v) is 3.97. The van der Waals surface area contributed by atoms with E-state index >= 15 is 0 Å². The molecule has 0 bridgehead atoms. The van der Waals surface area contributed by atoms with E-state index in [1.54, 1.807) is 42.5 Å². The van der Waals surface area contributed by atoms with Crippen molar-refractivity contribution in [2.24, 2.45) is 0 Å². The molecule has 0 spiro atoms. The zero-order chi connectivity index (χ0) is 31.1. The van der Waals surface area contributed by atoms with E-state index < -0.39 is 28.2 Å². The number of esters is 2. The summed E-state index contributed by atoms with van der Waals surface area (Å²) in [7, 11) is 4.87. The molecule has 1 heterocycles. The number of hydrogen-bond acceptors (Lipinski definition) is 11. The number of nitro groups is 1. The highest BCUT2D eigenvalue weighted by molar-refractivity contribution is 5.94. The van der Waals surface area contributed by atoms with Crippen molar-refractivity contribution in [3.63, 3.8) is 0 Å². The molecule has 0 unspecified atom stereocenters. The lowest BCUT2D eigenvalue weighted by Crippen LogP contribution is -2.16. The van der Waals surface area contributed by atoms with Crippen LogP contribution in [0.2, 0.25) is 0 Å². The summed E-state index contributed by atoms with van der Waals surface area (Å²) in [4.78, 5) is 50.4. The number of fused-ring (bicyclic) bond motifs is 1. The number of benzene rings is 3. The third kappa shape index (κ3) is 7.22. The van der Waals surface area contributed by atoms with Gasteiger partial charge in [0.25, 0.3) is 0 Å². The molecule has 0 fully saturated rings. The SMILES string of the molecule is COC(=O)/C(=C\c1ccc(C#N)cc1)COc1ccc(COC(=O)c2cc3ccc(N(C)C)cc3oc2=O)cc1[N+](=O)[O-]. The second-order valence-corrected chi connectivity index (χ2v) is 9.38. The van der Waals surface area contributed by atoms with Crippen molar-refractivity contribution in [2.75, 3.05) is 32.7 Å². The van der Waals surface area contributed by atoms with E-state index in [9.17, 15) is 24.5 Å². The van der Waals surface area contributed by atoms with Crippen LogP contribution in [0, 0.1) is 21.4 Å². The fourth-order valence-electron chi connectivity index (χ4n) is 3.97. The van der Waals surface area contributed by atoms with Crippen LogP contribution in [0.15, 0.2) is 81.5 Å². The Morgan fingerprint density at radius 3 is 2.47 bits per heavy atom. The van der Waals surface area contributed by atoms with Gasteiger partial charge in [0.2, 0.25) is 0 Å². The first-order valence-corrected chi connectivity index (χ1v) is 12.7. The molecular formula is C31H25N3O9. The molecule has 0 aliphatic rings. The van der Waals surface area contributed by atoms with Gasteiger partial charge in [0.05, 0.1) is 29.2 Å². The summed E-state index contributed by atoms with van der Waals surface area (Å²) < 4.78 is 21.0. The predicted octanol–water partition coefficient (Wildman–Crippen LogP) is 4.63. The molecule has 218 valence electrons. The Kier molecular flexibility index (Phi) is 9.17. The van der Waals surface area contributed by atoms with Crippen LogP contribution in [-0.4, -0.2) is 44.7 Å². The molecule has 4 rings (SSSR count). The van der Waals surface area contributed by atoms with Gasteiger partial charge in [0.1, 0.15) is 24.4 Å². The van der Waals surface area contributed by atoms with E-state index in [-0.39, 0.29) is 35.7 Å². The average Bonchev–Trinajstić information content (AvgIpc) is 3.01. The minimum absolute atomic E-state index is 0.0756. The normalized spacial score (nSPS) is 11.0. The number of nitriles is 1. The van der Waals surface area contributed by atoms with Crippen LogP contribution in [-0.2, 0) is 20.9 Å². The maximum Gasteiger partial charge on any atom is 0.351 e. The van der Waals surface area contributed by atoms with Crippen LogP contribution in [0.4, 0.5) is 11.4 Å². The Morgan fingerprint density at radius 2 is 1.81 bits per heavy atom. The van der Waals surface area contributed by atoms with Gasteiger partial charge in [-0.05, 0) is 53.6 Å². The molecule has 0 N–H and O–H groups in total. The highest BCUT2D eigenvalue weighted by Gasteiger charge is 2.21. The number of methoxy groups -OCH3 is 1. The molecule has 0 aliphatic heterocycles. The molecule has 0 atom stereocenters. The van der Waals surface area contributed by atoms with E-state index in [1.165, 1.54) is 31.4 Å².